The fourth-order valence-electron chi connectivity index (χ4n) is 3.21. The van der Waals surface area contributed by atoms with Crippen molar-refractivity contribution in [3.8, 4) is 11.5 Å². The second-order valence-corrected chi connectivity index (χ2v) is 7.50. The van der Waals surface area contributed by atoms with E-state index in [9.17, 15) is 5.11 Å². The maximum atomic E-state index is 10.2. The molecule has 0 heterocycles. The summed E-state index contributed by atoms with van der Waals surface area (Å²) in [7, 11) is 0. The Morgan fingerprint density at radius 3 is 1.83 bits per heavy atom. The summed E-state index contributed by atoms with van der Waals surface area (Å²) in [6.07, 6.45) is -0.715. The van der Waals surface area contributed by atoms with E-state index in [0.717, 1.165) is 11.1 Å². The predicted molar refractivity (Wildman–Crippen MR) is 112 cm³/mol. The molecular weight excluding hydrogens is 372 g/mol. The number of rotatable bonds is 12. The Morgan fingerprint density at radius 2 is 1.38 bits per heavy atom. The summed E-state index contributed by atoms with van der Waals surface area (Å²) in [6.45, 7) is 5.51. The van der Waals surface area contributed by atoms with E-state index in [4.69, 9.17) is 25.7 Å². The molecule has 160 valence electrons. The molecule has 0 aliphatic heterocycles. The van der Waals surface area contributed by atoms with Gasteiger partial charge >= 0.3 is 0 Å². The minimum absolute atomic E-state index is 0.0210. The first-order chi connectivity index (χ1) is 13.9. The molecule has 0 aliphatic rings. The largest absolute Gasteiger partial charge is 0.491 e. The molecule has 0 amide bonds. The molecule has 1 unspecified atom stereocenters. The molecule has 0 aliphatic carbocycles. The minimum atomic E-state index is -0.715. The zero-order valence-corrected chi connectivity index (χ0v) is 17.1. The summed E-state index contributed by atoms with van der Waals surface area (Å²) < 4.78 is 5.70. The van der Waals surface area contributed by atoms with Crippen molar-refractivity contribution in [3.63, 3.8) is 0 Å². The Bertz CT molecular complexity index is 713. The first-order valence-corrected chi connectivity index (χ1v) is 9.73. The van der Waals surface area contributed by atoms with Gasteiger partial charge in [0.1, 0.15) is 24.2 Å². The molecule has 0 saturated heterocycles. The molecule has 7 heteroatoms. The van der Waals surface area contributed by atoms with Crippen LogP contribution in [0.4, 0.5) is 0 Å². The summed E-state index contributed by atoms with van der Waals surface area (Å²) in [4.78, 5) is 6.53. The third-order valence-corrected chi connectivity index (χ3v) is 5.03. The van der Waals surface area contributed by atoms with Gasteiger partial charge in [-0.15, -0.1) is 0 Å². The van der Waals surface area contributed by atoms with Gasteiger partial charge in [-0.1, -0.05) is 38.1 Å². The fraction of sp³-hybridized carbons (Fsp3) is 0.455. The van der Waals surface area contributed by atoms with Crippen molar-refractivity contribution < 1.29 is 24.9 Å². The van der Waals surface area contributed by atoms with Gasteiger partial charge < -0.3 is 24.9 Å². The third-order valence-electron chi connectivity index (χ3n) is 5.03. The summed E-state index contributed by atoms with van der Waals surface area (Å²) in [5, 5.41) is 28.2. The number of benzene rings is 2. The quantitative estimate of drug-likeness (QED) is 0.395. The van der Waals surface area contributed by atoms with Crippen molar-refractivity contribution in [1.82, 2.24) is 4.90 Å². The van der Waals surface area contributed by atoms with Crippen molar-refractivity contribution in [2.24, 2.45) is 5.90 Å². The molecular formula is C22H32N2O5. The van der Waals surface area contributed by atoms with Crippen molar-refractivity contribution in [2.75, 3.05) is 39.5 Å². The van der Waals surface area contributed by atoms with Gasteiger partial charge in [-0.3, -0.25) is 4.90 Å². The third kappa shape index (κ3) is 6.69. The van der Waals surface area contributed by atoms with Gasteiger partial charge in [-0.25, -0.2) is 0 Å². The molecule has 5 N–H and O–H groups in total. The summed E-state index contributed by atoms with van der Waals surface area (Å²) in [5.74, 6) is 6.47. The SMILES string of the molecule is CC(C)(c1ccc(ON)cc1)c1ccc(OCC(O)CN(CCO)CCO)cc1. The lowest BCUT2D eigenvalue weighted by Gasteiger charge is -2.26. The van der Waals surface area contributed by atoms with Crippen LogP contribution in [0.25, 0.3) is 0 Å². The van der Waals surface area contributed by atoms with Crippen molar-refractivity contribution in [2.45, 2.75) is 25.4 Å². The van der Waals surface area contributed by atoms with Gasteiger partial charge in [-0.2, -0.15) is 5.90 Å². The van der Waals surface area contributed by atoms with E-state index in [-0.39, 0.29) is 25.2 Å². The average molecular weight is 405 g/mol. The van der Waals surface area contributed by atoms with Gasteiger partial charge in [0.05, 0.1) is 13.2 Å². The molecule has 0 fully saturated rings. The van der Waals surface area contributed by atoms with Gasteiger partial charge in [0.2, 0.25) is 0 Å². The second-order valence-electron chi connectivity index (χ2n) is 7.50. The van der Waals surface area contributed by atoms with Crippen LogP contribution in [0.15, 0.2) is 48.5 Å². The van der Waals surface area contributed by atoms with E-state index in [1.165, 1.54) is 0 Å². The van der Waals surface area contributed by atoms with Crippen LogP contribution in [0, 0.1) is 0 Å². The Balaban J connectivity index is 1.95. The highest BCUT2D eigenvalue weighted by molar-refractivity contribution is 5.41. The van der Waals surface area contributed by atoms with E-state index in [1.807, 2.05) is 48.5 Å². The fourth-order valence-corrected chi connectivity index (χ4v) is 3.21. The average Bonchev–Trinajstić information content (AvgIpc) is 2.73. The van der Waals surface area contributed by atoms with Crippen LogP contribution in [0.5, 0.6) is 11.5 Å². The standard InChI is InChI=1S/C22H32N2O5/c1-22(2,18-5-9-21(29-23)10-6-18)17-3-7-20(8-4-17)28-16-19(27)15-24(11-13-25)12-14-26/h3-10,19,25-27H,11-16,23H2,1-2H3. The number of hydrogen-bond donors (Lipinski definition) is 4. The lowest BCUT2D eigenvalue weighted by atomic mass is 9.78. The monoisotopic (exact) mass is 404 g/mol. The first kappa shape index (κ1) is 23.1. The van der Waals surface area contributed by atoms with Crippen LogP contribution in [0.3, 0.4) is 0 Å². The number of aliphatic hydroxyl groups is 3. The van der Waals surface area contributed by atoms with Crippen molar-refractivity contribution in [1.29, 1.82) is 0 Å². The molecule has 0 aromatic heterocycles. The van der Waals surface area contributed by atoms with E-state index < -0.39 is 6.10 Å². The summed E-state index contributed by atoms with van der Waals surface area (Å²) in [6, 6.07) is 15.5. The number of hydrogen-bond acceptors (Lipinski definition) is 7. The highest BCUT2D eigenvalue weighted by atomic mass is 16.6. The lowest BCUT2D eigenvalue weighted by molar-refractivity contribution is 0.0552. The molecule has 29 heavy (non-hydrogen) atoms. The topological polar surface area (TPSA) is 108 Å². The van der Waals surface area contributed by atoms with E-state index in [1.54, 1.807) is 4.90 Å². The Kier molecular flexibility index (Phi) is 8.88. The van der Waals surface area contributed by atoms with Gasteiger partial charge in [0, 0.05) is 25.0 Å². The highest BCUT2D eigenvalue weighted by Crippen LogP contribution is 2.33. The molecule has 0 saturated carbocycles. The number of ether oxygens (including phenoxy) is 1. The maximum absolute atomic E-state index is 10.2. The van der Waals surface area contributed by atoms with Crippen LogP contribution >= 0.6 is 0 Å². The van der Waals surface area contributed by atoms with E-state index in [2.05, 4.69) is 13.8 Å². The smallest absolute Gasteiger partial charge is 0.146 e. The Labute approximate surface area is 172 Å². The minimum Gasteiger partial charge on any atom is -0.491 e. The van der Waals surface area contributed by atoms with Crippen LogP contribution in [0.2, 0.25) is 0 Å². The number of aliphatic hydroxyl groups excluding tert-OH is 3. The van der Waals surface area contributed by atoms with Gasteiger partial charge in [-0.05, 0) is 35.4 Å². The molecule has 0 radical (unpaired) electrons. The van der Waals surface area contributed by atoms with E-state index in [0.29, 0.717) is 31.1 Å². The molecule has 2 aromatic rings. The van der Waals surface area contributed by atoms with Crippen molar-refractivity contribution in [3.05, 3.63) is 59.7 Å². The predicted octanol–water partition coefficient (Wildman–Crippen LogP) is 1.29. The summed E-state index contributed by atoms with van der Waals surface area (Å²) >= 11 is 0. The van der Waals surface area contributed by atoms with Crippen LogP contribution in [0.1, 0.15) is 25.0 Å². The first-order valence-electron chi connectivity index (χ1n) is 9.73. The van der Waals surface area contributed by atoms with Crippen molar-refractivity contribution >= 4 is 0 Å². The van der Waals surface area contributed by atoms with Crippen LogP contribution in [-0.4, -0.2) is 65.8 Å². The van der Waals surface area contributed by atoms with Crippen LogP contribution in [-0.2, 0) is 5.41 Å². The number of nitrogens with two attached hydrogens (primary N) is 1. The van der Waals surface area contributed by atoms with E-state index >= 15 is 0 Å². The molecule has 2 aromatic carbocycles. The van der Waals surface area contributed by atoms with Crippen LogP contribution < -0.4 is 15.5 Å². The zero-order chi connectivity index (χ0) is 21.3. The lowest BCUT2D eigenvalue weighted by Crippen LogP contribution is -2.38. The van der Waals surface area contributed by atoms with Gasteiger partial charge in [0.25, 0.3) is 0 Å². The number of nitrogens with zero attached hydrogens (tertiary/aromatic N) is 1. The highest BCUT2D eigenvalue weighted by Gasteiger charge is 2.23. The second kappa shape index (κ2) is 11.1. The normalized spacial score (nSPS) is 12.8. The maximum Gasteiger partial charge on any atom is 0.146 e. The zero-order valence-electron chi connectivity index (χ0n) is 17.1. The summed E-state index contributed by atoms with van der Waals surface area (Å²) in [5.41, 5.74) is 2.06. The Morgan fingerprint density at radius 1 is 0.897 bits per heavy atom. The molecule has 1 atom stereocenters. The molecule has 2 rings (SSSR count). The molecule has 7 nitrogen and oxygen atoms in total. The van der Waals surface area contributed by atoms with Gasteiger partial charge in [0.15, 0.2) is 0 Å². The Hall–Kier alpha value is -2.16. The molecule has 0 spiro atoms. The molecule has 0 bridgehead atoms.